The summed E-state index contributed by atoms with van der Waals surface area (Å²) in [5.74, 6) is 0.277. The molecule has 0 amide bonds. The molecule has 0 aliphatic carbocycles. The van der Waals surface area contributed by atoms with Gasteiger partial charge in [0, 0.05) is 24.3 Å². The first-order valence-corrected chi connectivity index (χ1v) is 6.31. The lowest BCUT2D eigenvalue weighted by atomic mass is 10.7. The van der Waals surface area contributed by atoms with Crippen LogP contribution in [0.4, 0.5) is 11.1 Å². The summed E-state index contributed by atoms with van der Waals surface area (Å²) in [6.07, 6.45) is 1.18. The second-order valence-corrected chi connectivity index (χ2v) is 5.53. The zero-order valence-electron chi connectivity index (χ0n) is 7.02. The maximum absolute atomic E-state index is 10.7. The molecule has 0 saturated heterocycles. The number of sulfone groups is 1. The SMILES string of the molecule is CS(=O)(=O)CCNc1nc(N)ns1. The Morgan fingerprint density at radius 3 is 2.77 bits per heavy atom. The summed E-state index contributed by atoms with van der Waals surface area (Å²) in [5.41, 5.74) is 5.27. The first-order valence-electron chi connectivity index (χ1n) is 3.48. The van der Waals surface area contributed by atoms with E-state index in [0.29, 0.717) is 11.7 Å². The summed E-state index contributed by atoms with van der Waals surface area (Å²) in [6, 6.07) is 0. The molecule has 1 rings (SSSR count). The van der Waals surface area contributed by atoms with Gasteiger partial charge in [-0.05, 0) is 0 Å². The Morgan fingerprint density at radius 1 is 1.62 bits per heavy atom. The minimum absolute atomic E-state index is 0.0759. The van der Waals surface area contributed by atoms with Gasteiger partial charge in [-0.2, -0.15) is 9.36 Å². The van der Waals surface area contributed by atoms with Gasteiger partial charge in [-0.25, -0.2) is 8.42 Å². The Hall–Kier alpha value is -0.890. The average molecular weight is 222 g/mol. The number of aromatic nitrogens is 2. The lowest BCUT2D eigenvalue weighted by Gasteiger charge is -1.98. The fraction of sp³-hybridized carbons (Fsp3) is 0.600. The van der Waals surface area contributed by atoms with Crippen molar-refractivity contribution < 1.29 is 8.42 Å². The largest absolute Gasteiger partial charge is 0.367 e. The van der Waals surface area contributed by atoms with Crippen LogP contribution in [0.25, 0.3) is 0 Å². The number of nitrogens with one attached hydrogen (secondary N) is 1. The molecule has 6 nitrogen and oxygen atoms in total. The van der Waals surface area contributed by atoms with E-state index < -0.39 is 9.84 Å². The second-order valence-electron chi connectivity index (χ2n) is 2.51. The quantitative estimate of drug-likeness (QED) is 0.717. The number of nitrogens with zero attached hydrogens (tertiary/aromatic N) is 2. The van der Waals surface area contributed by atoms with Crippen molar-refractivity contribution in [3.8, 4) is 0 Å². The monoisotopic (exact) mass is 222 g/mol. The van der Waals surface area contributed by atoms with Crippen molar-refractivity contribution in [2.24, 2.45) is 0 Å². The highest BCUT2D eigenvalue weighted by Crippen LogP contribution is 2.10. The molecular formula is C5H10N4O2S2. The van der Waals surface area contributed by atoms with E-state index in [1.165, 1.54) is 6.26 Å². The molecule has 1 aromatic heterocycles. The molecule has 0 radical (unpaired) electrons. The van der Waals surface area contributed by atoms with Crippen LogP contribution in [0.2, 0.25) is 0 Å². The van der Waals surface area contributed by atoms with E-state index in [1.807, 2.05) is 0 Å². The summed E-state index contributed by atoms with van der Waals surface area (Å²) in [5, 5.41) is 3.35. The Morgan fingerprint density at radius 2 is 2.31 bits per heavy atom. The molecule has 0 atom stereocenters. The first-order chi connectivity index (χ1) is 5.97. The Kier molecular flexibility index (Phi) is 3.04. The smallest absolute Gasteiger partial charge is 0.233 e. The summed E-state index contributed by atoms with van der Waals surface area (Å²) in [4.78, 5) is 3.81. The Bertz CT molecular complexity index is 372. The molecule has 74 valence electrons. The van der Waals surface area contributed by atoms with Gasteiger partial charge in [0.25, 0.3) is 0 Å². The zero-order valence-corrected chi connectivity index (χ0v) is 8.65. The van der Waals surface area contributed by atoms with Crippen molar-refractivity contribution in [3.05, 3.63) is 0 Å². The van der Waals surface area contributed by atoms with E-state index in [1.54, 1.807) is 0 Å². The average Bonchev–Trinajstić information content (AvgIpc) is 2.33. The molecule has 1 heterocycles. The highest BCUT2D eigenvalue weighted by Gasteiger charge is 2.03. The Balaban J connectivity index is 2.36. The van der Waals surface area contributed by atoms with Crippen LogP contribution in [-0.2, 0) is 9.84 Å². The van der Waals surface area contributed by atoms with Crippen molar-refractivity contribution in [1.29, 1.82) is 0 Å². The van der Waals surface area contributed by atoms with Gasteiger partial charge < -0.3 is 11.1 Å². The van der Waals surface area contributed by atoms with Gasteiger partial charge in [-0.1, -0.05) is 0 Å². The molecule has 0 aromatic carbocycles. The molecule has 13 heavy (non-hydrogen) atoms. The molecule has 0 aliphatic rings. The van der Waals surface area contributed by atoms with Crippen LogP contribution in [0, 0.1) is 0 Å². The standard InChI is InChI=1S/C5H10N4O2S2/c1-13(10,11)3-2-7-5-8-4(6)9-12-5/h2-3H2,1H3,(H3,6,7,8,9). The van der Waals surface area contributed by atoms with Crippen LogP contribution in [0.3, 0.4) is 0 Å². The number of rotatable bonds is 4. The van der Waals surface area contributed by atoms with Crippen LogP contribution in [0.1, 0.15) is 0 Å². The van der Waals surface area contributed by atoms with Gasteiger partial charge in [-0.15, -0.1) is 0 Å². The van der Waals surface area contributed by atoms with Crippen LogP contribution in [-0.4, -0.2) is 36.3 Å². The van der Waals surface area contributed by atoms with Crippen molar-refractivity contribution >= 4 is 32.4 Å². The predicted molar refractivity (Wildman–Crippen MR) is 52.5 cm³/mol. The molecule has 0 spiro atoms. The van der Waals surface area contributed by atoms with Gasteiger partial charge in [0.15, 0.2) is 0 Å². The highest BCUT2D eigenvalue weighted by atomic mass is 32.2. The van der Waals surface area contributed by atoms with Crippen LogP contribution in [0.15, 0.2) is 0 Å². The van der Waals surface area contributed by atoms with E-state index in [-0.39, 0.29) is 11.7 Å². The van der Waals surface area contributed by atoms with Gasteiger partial charge >= 0.3 is 0 Å². The fourth-order valence-corrected chi connectivity index (χ4v) is 1.64. The van der Waals surface area contributed by atoms with Gasteiger partial charge in [0.2, 0.25) is 11.1 Å². The van der Waals surface area contributed by atoms with E-state index in [0.717, 1.165) is 11.5 Å². The van der Waals surface area contributed by atoms with E-state index >= 15 is 0 Å². The molecule has 1 aromatic rings. The van der Waals surface area contributed by atoms with Gasteiger partial charge in [-0.3, -0.25) is 0 Å². The summed E-state index contributed by atoms with van der Waals surface area (Å²) >= 11 is 1.11. The third-order valence-electron chi connectivity index (χ3n) is 1.19. The zero-order chi connectivity index (χ0) is 9.90. The third-order valence-corrected chi connectivity index (χ3v) is 2.82. The van der Waals surface area contributed by atoms with Crippen molar-refractivity contribution in [2.75, 3.05) is 29.6 Å². The van der Waals surface area contributed by atoms with E-state index in [9.17, 15) is 8.42 Å². The van der Waals surface area contributed by atoms with Crippen LogP contribution < -0.4 is 11.1 Å². The lowest BCUT2D eigenvalue weighted by molar-refractivity contribution is 0.602. The van der Waals surface area contributed by atoms with E-state index in [2.05, 4.69) is 14.7 Å². The predicted octanol–water partition coefficient (Wildman–Crippen LogP) is -0.423. The number of nitrogens with two attached hydrogens (primary N) is 1. The molecule has 8 heteroatoms. The molecule has 0 fully saturated rings. The molecule has 0 unspecified atom stereocenters. The minimum atomic E-state index is -2.92. The first kappa shape index (κ1) is 10.2. The van der Waals surface area contributed by atoms with Crippen molar-refractivity contribution in [1.82, 2.24) is 9.36 Å². The lowest BCUT2D eigenvalue weighted by Crippen LogP contribution is -2.13. The molecule has 0 aliphatic heterocycles. The normalized spacial score (nSPS) is 11.5. The summed E-state index contributed by atoms with van der Waals surface area (Å²) < 4.78 is 25.2. The minimum Gasteiger partial charge on any atom is -0.367 e. The van der Waals surface area contributed by atoms with Crippen molar-refractivity contribution in [3.63, 3.8) is 0 Å². The van der Waals surface area contributed by atoms with E-state index in [4.69, 9.17) is 5.73 Å². The third kappa shape index (κ3) is 4.04. The highest BCUT2D eigenvalue weighted by molar-refractivity contribution is 7.90. The number of nitrogen functional groups attached to an aromatic ring is 1. The number of anilines is 2. The molecule has 3 N–H and O–H groups in total. The number of hydrogen-bond acceptors (Lipinski definition) is 7. The van der Waals surface area contributed by atoms with Crippen molar-refractivity contribution in [2.45, 2.75) is 0 Å². The van der Waals surface area contributed by atoms with Gasteiger partial charge in [0.05, 0.1) is 5.75 Å². The van der Waals surface area contributed by atoms with Crippen LogP contribution in [0.5, 0.6) is 0 Å². The molecule has 0 saturated carbocycles. The fourth-order valence-electron chi connectivity index (χ4n) is 0.650. The summed E-state index contributed by atoms with van der Waals surface area (Å²) in [6.45, 7) is 0.327. The van der Waals surface area contributed by atoms with Gasteiger partial charge in [0.1, 0.15) is 9.84 Å². The maximum atomic E-state index is 10.7. The molecule has 0 bridgehead atoms. The number of hydrogen-bond donors (Lipinski definition) is 2. The molecular weight excluding hydrogens is 212 g/mol. The van der Waals surface area contributed by atoms with Crippen LogP contribution >= 0.6 is 11.5 Å². The second kappa shape index (κ2) is 3.88. The maximum Gasteiger partial charge on any atom is 0.233 e. The summed E-state index contributed by atoms with van der Waals surface area (Å²) in [7, 11) is -2.92. The topological polar surface area (TPSA) is 98.0 Å². The Labute approximate surface area is 80.3 Å².